The monoisotopic (exact) mass is 362 g/mol. The van der Waals surface area contributed by atoms with Gasteiger partial charge in [-0.05, 0) is 54.8 Å². The van der Waals surface area contributed by atoms with Gasteiger partial charge in [-0.3, -0.25) is 4.79 Å². The Morgan fingerprint density at radius 3 is 2.73 bits per heavy atom. The standard InChI is InChI=1S/C21H30O5/c1-12-7-6-8-15-20(12,3)10-9-13(2)21(15,4)11-14(22)16-17(25-5)19(24)26-18(16)23/h13,15,19,24H,1,6-11H2,2-5H3/t13-,15-,19+,20+,21+/m0/s1. The number of rotatable bonds is 4. The van der Waals surface area contributed by atoms with Crippen LogP contribution in [0.1, 0.15) is 59.3 Å². The van der Waals surface area contributed by atoms with Crippen LogP contribution in [0.25, 0.3) is 0 Å². The van der Waals surface area contributed by atoms with Crippen LogP contribution in [-0.4, -0.2) is 30.3 Å². The summed E-state index contributed by atoms with van der Waals surface area (Å²) in [4.78, 5) is 25.1. The summed E-state index contributed by atoms with van der Waals surface area (Å²) in [7, 11) is 1.33. The molecule has 0 aromatic rings. The van der Waals surface area contributed by atoms with Gasteiger partial charge in [0.15, 0.2) is 11.5 Å². The Labute approximate surface area is 155 Å². The molecule has 3 aliphatic rings. The molecule has 2 aliphatic carbocycles. The molecule has 2 saturated carbocycles. The normalized spacial score (nSPS) is 40.3. The Bertz CT molecular complexity index is 678. The van der Waals surface area contributed by atoms with Crippen molar-refractivity contribution in [2.45, 2.75) is 65.6 Å². The Balaban J connectivity index is 1.94. The van der Waals surface area contributed by atoms with Crippen molar-refractivity contribution in [2.24, 2.45) is 22.7 Å². The molecule has 0 unspecified atom stereocenters. The number of aliphatic hydroxyl groups is 1. The molecule has 2 fully saturated rings. The van der Waals surface area contributed by atoms with E-state index in [1.54, 1.807) is 0 Å². The van der Waals surface area contributed by atoms with Crippen molar-refractivity contribution in [1.29, 1.82) is 0 Å². The lowest BCUT2D eigenvalue weighted by Crippen LogP contribution is -2.51. The van der Waals surface area contributed by atoms with Gasteiger partial charge in [-0.2, -0.15) is 0 Å². The van der Waals surface area contributed by atoms with E-state index >= 15 is 0 Å². The quantitative estimate of drug-likeness (QED) is 0.471. The van der Waals surface area contributed by atoms with Crippen molar-refractivity contribution in [3.63, 3.8) is 0 Å². The molecule has 0 radical (unpaired) electrons. The zero-order valence-corrected chi connectivity index (χ0v) is 16.3. The summed E-state index contributed by atoms with van der Waals surface area (Å²) >= 11 is 0. The summed E-state index contributed by atoms with van der Waals surface area (Å²) in [5.74, 6) is -0.425. The van der Waals surface area contributed by atoms with Gasteiger partial charge in [-0.15, -0.1) is 0 Å². The second kappa shape index (κ2) is 6.52. The average Bonchev–Trinajstić information content (AvgIpc) is 2.87. The highest BCUT2D eigenvalue weighted by Crippen LogP contribution is 2.62. The third-order valence-electron chi connectivity index (χ3n) is 7.50. The van der Waals surface area contributed by atoms with E-state index < -0.39 is 12.3 Å². The minimum absolute atomic E-state index is 0.0496. The highest BCUT2D eigenvalue weighted by Gasteiger charge is 2.55. The first kappa shape index (κ1) is 19.2. The van der Waals surface area contributed by atoms with E-state index in [-0.39, 0.29) is 34.4 Å². The van der Waals surface area contributed by atoms with Crippen molar-refractivity contribution < 1.29 is 24.2 Å². The SMILES string of the molecule is C=C1CCC[C@@H]2[C@](C)(CC(=O)C3=C(OC)[C@H](O)OC3=O)[C@@H](C)CC[C@]12C. The lowest BCUT2D eigenvalue weighted by Gasteiger charge is -2.58. The molecule has 26 heavy (non-hydrogen) atoms. The van der Waals surface area contributed by atoms with Crippen LogP contribution in [0.15, 0.2) is 23.5 Å². The predicted molar refractivity (Wildman–Crippen MR) is 96.9 cm³/mol. The minimum Gasteiger partial charge on any atom is -0.494 e. The number of fused-ring (bicyclic) bond motifs is 1. The van der Waals surface area contributed by atoms with Gasteiger partial charge in [0.25, 0.3) is 6.29 Å². The number of allylic oxidation sites excluding steroid dienone is 1. The third kappa shape index (κ3) is 2.72. The van der Waals surface area contributed by atoms with Crippen LogP contribution in [0.5, 0.6) is 0 Å². The van der Waals surface area contributed by atoms with Gasteiger partial charge in [0, 0.05) is 6.42 Å². The molecule has 0 bridgehead atoms. The first-order valence-corrected chi connectivity index (χ1v) is 9.53. The topological polar surface area (TPSA) is 72.8 Å². The van der Waals surface area contributed by atoms with E-state index in [0.29, 0.717) is 11.8 Å². The van der Waals surface area contributed by atoms with Gasteiger partial charge < -0.3 is 14.6 Å². The number of hydrogen-bond acceptors (Lipinski definition) is 5. The number of Topliss-reactive ketones (excluding diaryl/α,β-unsaturated/α-hetero) is 1. The van der Waals surface area contributed by atoms with Crippen molar-refractivity contribution in [2.75, 3.05) is 7.11 Å². The van der Waals surface area contributed by atoms with E-state index in [9.17, 15) is 14.7 Å². The lowest BCUT2D eigenvalue weighted by atomic mass is 9.46. The van der Waals surface area contributed by atoms with Gasteiger partial charge in [0.2, 0.25) is 0 Å². The zero-order valence-electron chi connectivity index (χ0n) is 16.3. The second-order valence-electron chi connectivity index (χ2n) is 8.71. The maximum atomic E-state index is 13.1. The number of aliphatic hydroxyl groups excluding tert-OH is 1. The van der Waals surface area contributed by atoms with Crippen LogP contribution in [0.2, 0.25) is 0 Å². The molecule has 5 nitrogen and oxygen atoms in total. The van der Waals surface area contributed by atoms with Gasteiger partial charge in [-0.1, -0.05) is 32.9 Å². The van der Waals surface area contributed by atoms with E-state index in [4.69, 9.17) is 9.47 Å². The Hall–Kier alpha value is -1.62. The van der Waals surface area contributed by atoms with Crippen LogP contribution in [-0.2, 0) is 19.1 Å². The van der Waals surface area contributed by atoms with Crippen LogP contribution >= 0.6 is 0 Å². The van der Waals surface area contributed by atoms with Gasteiger partial charge >= 0.3 is 5.97 Å². The van der Waals surface area contributed by atoms with Gasteiger partial charge in [-0.25, -0.2) is 4.79 Å². The molecule has 0 spiro atoms. The van der Waals surface area contributed by atoms with Crippen molar-refractivity contribution in [3.8, 4) is 0 Å². The Morgan fingerprint density at radius 2 is 2.08 bits per heavy atom. The summed E-state index contributed by atoms with van der Waals surface area (Å²) in [5, 5.41) is 9.77. The maximum Gasteiger partial charge on any atom is 0.348 e. The Morgan fingerprint density at radius 1 is 1.38 bits per heavy atom. The Kier molecular flexibility index (Phi) is 4.80. The summed E-state index contributed by atoms with van der Waals surface area (Å²) in [6.07, 6.45) is 4.15. The molecule has 0 amide bonds. The molecule has 3 rings (SSSR count). The van der Waals surface area contributed by atoms with Crippen LogP contribution in [0.3, 0.4) is 0 Å². The number of hydrogen-bond donors (Lipinski definition) is 1. The van der Waals surface area contributed by atoms with Crippen molar-refractivity contribution in [3.05, 3.63) is 23.5 Å². The minimum atomic E-state index is -1.48. The number of cyclic esters (lactones) is 1. The highest BCUT2D eigenvalue weighted by molar-refractivity contribution is 6.19. The molecule has 144 valence electrons. The lowest BCUT2D eigenvalue weighted by molar-refractivity contribution is -0.154. The molecule has 0 aromatic carbocycles. The number of ether oxygens (including phenoxy) is 2. The number of ketones is 1. The molecule has 5 heteroatoms. The first-order chi connectivity index (χ1) is 12.1. The fourth-order valence-corrected chi connectivity index (χ4v) is 5.59. The predicted octanol–water partition coefficient (Wildman–Crippen LogP) is 3.52. The zero-order chi connectivity index (χ0) is 19.3. The van der Waals surface area contributed by atoms with Gasteiger partial charge in [0.05, 0.1) is 7.11 Å². The fraction of sp³-hybridized carbons (Fsp3) is 0.714. The highest BCUT2D eigenvalue weighted by atomic mass is 16.7. The number of carbonyl (C=O) groups excluding carboxylic acids is 2. The molecule has 1 heterocycles. The average molecular weight is 362 g/mol. The van der Waals surface area contributed by atoms with E-state index in [1.807, 2.05) is 0 Å². The summed E-state index contributed by atoms with van der Waals surface area (Å²) in [6.45, 7) is 11.0. The maximum absolute atomic E-state index is 13.1. The van der Waals surface area contributed by atoms with E-state index in [1.165, 1.54) is 12.7 Å². The first-order valence-electron chi connectivity index (χ1n) is 9.53. The van der Waals surface area contributed by atoms with Crippen molar-refractivity contribution in [1.82, 2.24) is 0 Å². The smallest absolute Gasteiger partial charge is 0.348 e. The van der Waals surface area contributed by atoms with Crippen LogP contribution < -0.4 is 0 Å². The molecular weight excluding hydrogens is 332 g/mol. The van der Waals surface area contributed by atoms with E-state index in [0.717, 1.165) is 32.1 Å². The second-order valence-corrected chi connectivity index (χ2v) is 8.71. The molecule has 0 aromatic heterocycles. The summed E-state index contributed by atoms with van der Waals surface area (Å²) in [6, 6.07) is 0. The van der Waals surface area contributed by atoms with E-state index in [2.05, 4.69) is 27.4 Å². The number of methoxy groups -OCH3 is 1. The van der Waals surface area contributed by atoms with Crippen LogP contribution in [0, 0.1) is 22.7 Å². The number of carbonyl (C=O) groups is 2. The van der Waals surface area contributed by atoms with Crippen LogP contribution in [0.4, 0.5) is 0 Å². The van der Waals surface area contributed by atoms with Crippen molar-refractivity contribution >= 4 is 11.8 Å². The molecule has 1 N–H and O–H groups in total. The summed E-state index contributed by atoms with van der Waals surface area (Å²) in [5.41, 5.74) is 0.989. The molecule has 5 atom stereocenters. The molecule has 0 saturated heterocycles. The van der Waals surface area contributed by atoms with Gasteiger partial charge in [0.1, 0.15) is 5.57 Å². The number of esters is 1. The molecular formula is C21H30O5. The third-order valence-corrected chi connectivity index (χ3v) is 7.50. The fourth-order valence-electron chi connectivity index (χ4n) is 5.59. The molecule has 1 aliphatic heterocycles. The summed E-state index contributed by atoms with van der Waals surface area (Å²) < 4.78 is 9.84. The largest absolute Gasteiger partial charge is 0.494 e.